The molecular formula is C17H17N3O2S2. The van der Waals surface area contributed by atoms with E-state index < -0.39 is 10.8 Å². The van der Waals surface area contributed by atoms with Crippen LogP contribution in [0.4, 0.5) is 5.82 Å². The van der Waals surface area contributed by atoms with Gasteiger partial charge in [0.05, 0.1) is 10.6 Å². The Balaban J connectivity index is 1.73. The van der Waals surface area contributed by atoms with Gasteiger partial charge in [-0.2, -0.15) is 5.10 Å². The summed E-state index contributed by atoms with van der Waals surface area (Å²) in [6, 6.07) is 13.0. The lowest BCUT2D eigenvalue weighted by molar-refractivity contribution is 0.102. The van der Waals surface area contributed by atoms with E-state index in [-0.39, 0.29) is 5.91 Å². The zero-order valence-electron chi connectivity index (χ0n) is 13.3. The number of thiophene rings is 1. The Morgan fingerprint density at radius 3 is 2.83 bits per heavy atom. The van der Waals surface area contributed by atoms with E-state index in [4.69, 9.17) is 0 Å². The van der Waals surface area contributed by atoms with Gasteiger partial charge in [0.15, 0.2) is 5.82 Å². The zero-order valence-corrected chi connectivity index (χ0v) is 15.0. The molecule has 0 aliphatic rings. The first-order valence-corrected chi connectivity index (χ1v) is 9.88. The third-order valence-electron chi connectivity index (χ3n) is 3.38. The number of amides is 1. The van der Waals surface area contributed by atoms with E-state index in [0.29, 0.717) is 17.1 Å². The maximum absolute atomic E-state index is 12.4. The van der Waals surface area contributed by atoms with E-state index in [2.05, 4.69) is 15.5 Å². The fourth-order valence-corrected chi connectivity index (χ4v) is 3.80. The largest absolute Gasteiger partial charge is 0.305 e. The van der Waals surface area contributed by atoms with Gasteiger partial charge in [0.1, 0.15) is 0 Å². The molecule has 3 rings (SSSR count). The van der Waals surface area contributed by atoms with Gasteiger partial charge in [-0.15, -0.1) is 11.3 Å². The number of hydrogen-bond acceptors (Lipinski definition) is 4. The van der Waals surface area contributed by atoms with Gasteiger partial charge in [-0.1, -0.05) is 12.1 Å². The minimum Gasteiger partial charge on any atom is -0.305 e. The Morgan fingerprint density at radius 1 is 1.29 bits per heavy atom. The van der Waals surface area contributed by atoms with Crippen molar-refractivity contribution in [2.24, 2.45) is 0 Å². The van der Waals surface area contributed by atoms with Crippen LogP contribution in [0.3, 0.4) is 0 Å². The number of aromatic nitrogens is 2. The van der Waals surface area contributed by atoms with Crippen molar-refractivity contribution in [2.45, 2.75) is 12.7 Å². The van der Waals surface area contributed by atoms with Crippen molar-refractivity contribution < 1.29 is 9.00 Å². The Bertz CT molecular complexity index is 899. The highest BCUT2D eigenvalue weighted by atomic mass is 32.2. The summed E-state index contributed by atoms with van der Waals surface area (Å²) in [5.74, 6) is 0.676. The lowest BCUT2D eigenvalue weighted by atomic mass is 10.1. The summed E-state index contributed by atoms with van der Waals surface area (Å²) < 4.78 is 11.3. The number of anilines is 1. The van der Waals surface area contributed by atoms with Gasteiger partial charge in [0.2, 0.25) is 0 Å². The van der Waals surface area contributed by atoms with Crippen LogP contribution in [0.15, 0.2) is 42.5 Å². The molecule has 3 aromatic rings. The molecule has 1 aromatic carbocycles. The molecule has 5 nitrogen and oxygen atoms in total. The lowest BCUT2D eigenvalue weighted by Crippen LogP contribution is -2.12. The minimum absolute atomic E-state index is 0.237. The molecule has 7 heteroatoms. The number of aryl methyl sites for hydroxylation is 1. The highest BCUT2D eigenvalue weighted by Gasteiger charge is 2.11. The van der Waals surface area contributed by atoms with Crippen molar-refractivity contribution in [1.29, 1.82) is 0 Å². The normalized spacial score (nSPS) is 12.1. The number of hydrogen-bond donors (Lipinski definition) is 2. The summed E-state index contributed by atoms with van der Waals surface area (Å²) in [5.41, 5.74) is 2.27. The summed E-state index contributed by atoms with van der Waals surface area (Å²) in [7, 11) is -0.940. The molecule has 0 radical (unpaired) electrons. The maximum Gasteiger partial charge on any atom is 0.256 e. The topological polar surface area (TPSA) is 74.8 Å². The maximum atomic E-state index is 12.4. The van der Waals surface area contributed by atoms with Crippen LogP contribution in [0.5, 0.6) is 0 Å². The molecule has 124 valence electrons. The van der Waals surface area contributed by atoms with Crippen LogP contribution in [0, 0.1) is 6.92 Å². The van der Waals surface area contributed by atoms with E-state index in [9.17, 15) is 9.00 Å². The van der Waals surface area contributed by atoms with E-state index in [1.807, 2.05) is 31.2 Å². The molecule has 2 N–H and O–H groups in total. The third kappa shape index (κ3) is 3.98. The summed E-state index contributed by atoms with van der Waals surface area (Å²) in [5, 5.41) is 9.86. The summed E-state index contributed by atoms with van der Waals surface area (Å²) in [4.78, 5) is 14.7. The monoisotopic (exact) mass is 359 g/mol. The van der Waals surface area contributed by atoms with Crippen molar-refractivity contribution in [3.8, 4) is 10.6 Å². The summed E-state index contributed by atoms with van der Waals surface area (Å²) in [6.07, 6.45) is 1.64. The Kier molecular flexibility index (Phi) is 4.92. The van der Waals surface area contributed by atoms with Crippen LogP contribution in [0.1, 0.15) is 20.8 Å². The predicted octanol–water partition coefficient (Wildman–Crippen LogP) is 3.58. The first-order valence-electron chi connectivity index (χ1n) is 7.34. The van der Waals surface area contributed by atoms with Crippen LogP contribution in [-0.4, -0.2) is 26.6 Å². The Morgan fingerprint density at radius 2 is 2.12 bits per heavy atom. The summed E-state index contributed by atoms with van der Waals surface area (Å²) in [6.45, 7) is 2.05. The molecule has 0 bridgehead atoms. The van der Waals surface area contributed by atoms with Crippen molar-refractivity contribution in [3.05, 3.63) is 58.5 Å². The fourth-order valence-electron chi connectivity index (χ4n) is 2.32. The van der Waals surface area contributed by atoms with Gasteiger partial charge in [0.25, 0.3) is 5.91 Å². The molecule has 0 aliphatic carbocycles. The van der Waals surface area contributed by atoms with Crippen LogP contribution in [0.25, 0.3) is 10.6 Å². The number of nitrogens with zero attached hydrogens (tertiary/aromatic N) is 1. The molecule has 1 atom stereocenters. The molecule has 0 saturated heterocycles. The second kappa shape index (κ2) is 7.11. The molecule has 1 amide bonds. The van der Waals surface area contributed by atoms with Gasteiger partial charge in [-0.3, -0.25) is 14.1 Å². The SMILES string of the molecule is Cc1ccc(-c2cc(NC(=O)c3cccc(C[S@](C)=O)c3)n[nH]2)s1. The van der Waals surface area contributed by atoms with Crippen molar-refractivity contribution in [2.75, 3.05) is 11.6 Å². The molecule has 2 heterocycles. The van der Waals surface area contributed by atoms with Gasteiger partial charge in [-0.25, -0.2) is 0 Å². The van der Waals surface area contributed by atoms with Crippen molar-refractivity contribution in [1.82, 2.24) is 10.2 Å². The number of benzene rings is 1. The standard InChI is InChI=1S/C17H17N3O2S2/c1-11-6-7-15(23-11)14-9-16(20-19-14)18-17(21)13-5-3-4-12(8-13)10-24(2)22/h3-9H,10H2,1-2H3,(H2,18,19,20,21)/t24-/m0/s1. The summed E-state index contributed by atoms with van der Waals surface area (Å²) >= 11 is 1.66. The number of carbonyl (C=O) groups excluding carboxylic acids is 1. The van der Waals surface area contributed by atoms with Gasteiger partial charge < -0.3 is 5.32 Å². The second-order valence-corrected chi connectivity index (χ2v) is 8.17. The number of aromatic amines is 1. The average molecular weight is 359 g/mol. The van der Waals surface area contributed by atoms with Gasteiger partial charge in [0, 0.05) is 39.3 Å². The van der Waals surface area contributed by atoms with Gasteiger partial charge in [-0.05, 0) is 36.8 Å². The number of H-pyrrole nitrogens is 1. The number of rotatable bonds is 5. The van der Waals surface area contributed by atoms with Crippen LogP contribution in [-0.2, 0) is 16.6 Å². The highest BCUT2D eigenvalue weighted by molar-refractivity contribution is 7.83. The Labute approximate surface area is 146 Å². The molecule has 0 unspecified atom stereocenters. The molecule has 0 spiro atoms. The molecule has 24 heavy (non-hydrogen) atoms. The lowest BCUT2D eigenvalue weighted by Gasteiger charge is -2.04. The predicted molar refractivity (Wildman–Crippen MR) is 98.8 cm³/mol. The molecule has 0 aliphatic heterocycles. The van der Waals surface area contributed by atoms with E-state index in [1.165, 1.54) is 4.88 Å². The molecular weight excluding hydrogens is 342 g/mol. The fraction of sp³-hybridized carbons (Fsp3) is 0.176. The smallest absolute Gasteiger partial charge is 0.256 e. The highest BCUT2D eigenvalue weighted by Crippen LogP contribution is 2.27. The average Bonchev–Trinajstić information content (AvgIpc) is 3.16. The molecule has 2 aromatic heterocycles. The second-order valence-electron chi connectivity index (χ2n) is 5.45. The van der Waals surface area contributed by atoms with Crippen LogP contribution < -0.4 is 5.32 Å². The van der Waals surface area contributed by atoms with E-state index >= 15 is 0 Å². The molecule has 0 saturated carbocycles. The van der Waals surface area contributed by atoms with Crippen LogP contribution >= 0.6 is 11.3 Å². The molecule has 0 fully saturated rings. The minimum atomic E-state index is -0.940. The zero-order chi connectivity index (χ0) is 17.1. The first kappa shape index (κ1) is 16.6. The quantitative estimate of drug-likeness (QED) is 0.731. The van der Waals surface area contributed by atoms with E-state index in [0.717, 1.165) is 16.1 Å². The number of carbonyl (C=O) groups is 1. The first-order chi connectivity index (χ1) is 11.5. The van der Waals surface area contributed by atoms with Gasteiger partial charge >= 0.3 is 0 Å². The van der Waals surface area contributed by atoms with Crippen LogP contribution in [0.2, 0.25) is 0 Å². The van der Waals surface area contributed by atoms with E-state index in [1.54, 1.807) is 35.8 Å². The Hall–Kier alpha value is -2.25. The third-order valence-corrected chi connectivity index (χ3v) is 5.16. The van der Waals surface area contributed by atoms with Crippen molar-refractivity contribution >= 4 is 33.9 Å². The van der Waals surface area contributed by atoms with Crippen molar-refractivity contribution in [3.63, 3.8) is 0 Å². The number of nitrogens with one attached hydrogen (secondary N) is 2.